The summed E-state index contributed by atoms with van der Waals surface area (Å²) in [6, 6.07) is 16.3. The standard InChI is InChI=1S/C24H22ClN3O5/c1-2-32-24(31)20-21(16-8-10-18(25)11-9-16)27-33-23(20)26-22(30)17-12-19(29)28(14-17)13-15-6-4-3-5-7-15/h3-11,17H,2,12-14H2,1H3,(H,26,30). The van der Waals surface area contributed by atoms with Crippen LogP contribution >= 0.6 is 11.6 Å². The van der Waals surface area contributed by atoms with Crippen molar-refractivity contribution in [2.75, 3.05) is 18.5 Å². The van der Waals surface area contributed by atoms with E-state index in [0.29, 0.717) is 17.1 Å². The Kier molecular flexibility index (Phi) is 6.74. The fourth-order valence-corrected chi connectivity index (χ4v) is 3.82. The number of nitrogens with zero attached hydrogens (tertiary/aromatic N) is 2. The molecule has 33 heavy (non-hydrogen) atoms. The van der Waals surface area contributed by atoms with Crippen LogP contribution in [-0.4, -0.2) is 41.0 Å². The second-order valence-corrected chi connectivity index (χ2v) is 8.05. The number of ether oxygens (including phenoxy) is 1. The average Bonchev–Trinajstić information content (AvgIpc) is 3.39. The molecule has 0 aliphatic carbocycles. The molecule has 170 valence electrons. The van der Waals surface area contributed by atoms with Gasteiger partial charge in [-0.3, -0.25) is 14.9 Å². The predicted molar refractivity (Wildman–Crippen MR) is 122 cm³/mol. The van der Waals surface area contributed by atoms with Crippen molar-refractivity contribution in [1.29, 1.82) is 0 Å². The van der Waals surface area contributed by atoms with Gasteiger partial charge in [-0.1, -0.05) is 59.2 Å². The predicted octanol–water partition coefficient (Wildman–Crippen LogP) is 4.16. The van der Waals surface area contributed by atoms with E-state index in [2.05, 4.69) is 10.5 Å². The molecule has 1 unspecified atom stereocenters. The number of aromatic nitrogens is 1. The van der Waals surface area contributed by atoms with E-state index in [9.17, 15) is 14.4 Å². The highest BCUT2D eigenvalue weighted by Gasteiger charge is 2.36. The zero-order chi connectivity index (χ0) is 23.4. The fourth-order valence-electron chi connectivity index (χ4n) is 3.69. The van der Waals surface area contributed by atoms with Crippen LogP contribution in [0.1, 0.15) is 29.3 Å². The lowest BCUT2D eigenvalue weighted by molar-refractivity contribution is -0.128. The number of benzene rings is 2. The van der Waals surface area contributed by atoms with Gasteiger partial charge in [0.05, 0.1) is 12.5 Å². The molecule has 1 aliphatic heterocycles. The quantitative estimate of drug-likeness (QED) is 0.523. The molecule has 0 radical (unpaired) electrons. The number of carbonyl (C=O) groups is 3. The second-order valence-electron chi connectivity index (χ2n) is 7.61. The molecule has 1 saturated heterocycles. The van der Waals surface area contributed by atoms with Crippen LogP contribution < -0.4 is 5.32 Å². The van der Waals surface area contributed by atoms with Crippen molar-refractivity contribution in [1.82, 2.24) is 10.1 Å². The molecule has 0 bridgehead atoms. The van der Waals surface area contributed by atoms with Crippen LogP contribution in [0.2, 0.25) is 5.02 Å². The molecule has 9 heteroatoms. The first-order chi connectivity index (χ1) is 16.0. The van der Waals surface area contributed by atoms with E-state index in [1.165, 1.54) is 0 Å². The van der Waals surface area contributed by atoms with Gasteiger partial charge in [0.2, 0.25) is 17.7 Å². The lowest BCUT2D eigenvalue weighted by Gasteiger charge is -2.16. The first-order valence-electron chi connectivity index (χ1n) is 10.5. The van der Waals surface area contributed by atoms with E-state index < -0.39 is 17.8 Å². The third-order valence-electron chi connectivity index (χ3n) is 5.33. The Hall–Kier alpha value is -3.65. The normalized spacial score (nSPS) is 15.5. The topological polar surface area (TPSA) is 102 Å². The van der Waals surface area contributed by atoms with Gasteiger partial charge in [-0.25, -0.2) is 4.79 Å². The van der Waals surface area contributed by atoms with E-state index in [4.69, 9.17) is 20.9 Å². The van der Waals surface area contributed by atoms with Gasteiger partial charge in [-0.05, 0) is 24.6 Å². The maximum atomic E-state index is 12.9. The summed E-state index contributed by atoms with van der Waals surface area (Å²) in [5, 5.41) is 7.13. The second kappa shape index (κ2) is 9.87. The highest BCUT2D eigenvalue weighted by molar-refractivity contribution is 6.30. The van der Waals surface area contributed by atoms with Gasteiger partial charge in [-0.15, -0.1) is 0 Å². The Morgan fingerprint density at radius 3 is 2.61 bits per heavy atom. The molecule has 1 aromatic heterocycles. The van der Waals surface area contributed by atoms with Crippen molar-refractivity contribution in [2.45, 2.75) is 19.9 Å². The maximum absolute atomic E-state index is 12.9. The SMILES string of the molecule is CCOC(=O)c1c(-c2ccc(Cl)cc2)noc1NC(=O)C1CC(=O)N(Cc2ccccc2)C1. The maximum Gasteiger partial charge on any atom is 0.346 e. The number of carbonyl (C=O) groups excluding carboxylic acids is 3. The molecule has 3 aromatic rings. The highest BCUT2D eigenvalue weighted by Crippen LogP contribution is 2.31. The van der Waals surface area contributed by atoms with Crippen molar-refractivity contribution >= 4 is 35.3 Å². The summed E-state index contributed by atoms with van der Waals surface area (Å²) in [5.41, 5.74) is 1.81. The lowest BCUT2D eigenvalue weighted by atomic mass is 10.1. The third kappa shape index (κ3) is 5.06. The van der Waals surface area contributed by atoms with Gasteiger partial charge in [0.15, 0.2) is 5.56 Å². The summed E-state index contributed by atoms with van der Waals surface area (Å²) in [6.07, 6.45) is 0.0750. The number of rotatable bonds is 7. The van der Waals surface area contributed by atoms with Crippen molar-refractivity contribution in [2.24, 2.45) is 5.92 Å². The third-order valence-corrected chi connectivity index (χ3v) is 5.58. The van der Waals surface area contributed by atoms with Crippen LogP contribution in [0.15, 0.2) is 59.1 Å². The molecule has 1 N–H and O–H groups in total. The van der Waals surface area contributed by atoms with Crippen LogP contribution in [0.5, 0.6) is 0 Å². The van der Waals surface area contributed by atoms with Crippen LogP contribution in [-0.2, 0) is 20.9 Å². The number of halogens is 1. The van der Waals surface area contributed by atoms with E-state index in [1.807, 2.05) is 30.3 Å². The highest BCUT2D eigenvalue weighted by atomic mass is 35.5. The zero-order valence-corrected chi connectivity index (χ0v) is 18.7. The van der Waals surface area contributed by atoms with Gasteiger partial charge >= 0.3 is 5.97 Å². The minimum Gasteiger partial charge on any atom is -0.462 e. The van der Waals surface area contributed by atoms with Crippen LogP contribution in [0.3, 0.4) is 0 Å². The molecule has 0 saturated carbocycles. The van der Waals surface area contributed by atoms with E-state index in [1.54, 1.807) is 36.1 Å². The van der Waals surface area contributed by atoms with Gasteiger partial charge in [0.25, 0.3) is 0 Å². The minimum absolute atomic E-state index is 0.0120. The van der Waals surface area contributed by atoms with Gasteiger partial charge in [-0.2, -0.15) is 0 Å². The number of nitrogens with one attached hydrogen (secondary N) is 1. The Labute approximate surface area is 195 Å². The Bertz CT molecular complexity index is 1160. The summed E-state index contributed by atoms with van der Waals surface area (Å²) in [6.45, 7) is 2.52. The van der Waals surface area contributed by atoms with Crippen molar-refractivity contribution in [3.05, 3.63) is 70.7 Å². The van der Waals surface area contributed by atoms with Gasteiger partial charge < -0.3 is 14.2 Å². The number of esters is 1. The summed E-state index contributed by atoms with van der Waals surface area (Å²) in [4.78, 5) is 39.7. The molecule has 1 atom stereocenters. The molecule has 4 rings (SSSR count). The summed E-state index contributed by atoms with van der Waals surface area (Å²) in [5.74, 6) is -1.91. The number of anilines is 1. The first-order valence-corrected chi connectivity index (χ1v) is 10.9. The Morgan fingerprint density at radius 1 is 1.18 bits per heavy atom. The summed E-state index contributed by atoms with van der Waals surface area (Å²) < 4.78 is 10.5. The number of amides is 2. The molecule has 2 heterocycles. The van der Waals surface area contributed by atoms with Crippen molar-refractivity contribution in [3.63, 3.8) is 0 Å². The van der Waals surface area contributed by atoms with E-state index in [0.717, 1.165) is 5.56 Å². The molecule has 2 aromatic carbocycles. The summed E-state index contributed by atoms with van der Waals surface area (Å²) in [7, 11) is 0. The smallest absolute Gasteiger partial charge is 0.346 e. The molecule has 1 fully saturated rings. The molecular formula is C24H22ClN3O5. The molecule has 0 spiro atoms. The fraction of sp³-hybridized carbons (Fsp3) is 0.250. The van der Waals surface area contributed by atoms with Crippen LogP contribution in [0.25, 0.3) is 11.3 Å². The Balaban J connectivity index is 1.52. The number of hydrogen-bond acceptors (Lipinski definition) is 6. The monoisotopic (exact) mass is 467 g/mol. The molecule has 1 aliphatic rings. The zero-order valence-electron chi connectivity index (χ0n) is 17.9. The average molecular weight is 468 g/mol. The van der Waals surface area contributed by atoms with Crippen molar-refractivity contribution in [3.8, 4) is 11.3 Å². The minimum atomic E-state index is -0.674. The van der Waals surface area contributed by atoms with Gasteiger partial charge in [0, 0.05) is 30.1 Å². The molecular weight excluding hydrogens is 446 g/mol. The van der Waals surface area contributed by atoms with E-state index in [-0.39, 0.29) is 42.6 Å². The van der Waals surface area contributed by atoms with Crippen LogP contribution in [0, 0.1) is 5.92 Å². The van der Waals surface area contributed by atoms with E-state index >= 15 is 0 Å². The number of likely N-dealkylation sites (tertiary alicyclic amines) is 1. The molecule has 2 amide bonds. The Morgan fingerprint density at radius 2 is 1.91 bits per heavy atom. The van der Waals surface area contributed by atoms with Crippen molar-refractivity contribution < 1.29 is 23.6 Å². The number of hydrogen-bond donors (Lipinski definition) is 1. The summed E-state index contributed by atoms with van der Waals surface area (Å²) >= 11 is 5.95. The largest absolute Gasteiger partial charge is 0.462 e. The van der Waals surface area contributed by atoms with Gasteiger partial charge in [0.1, 0.15) is 5.69 Å². The molecule has 8 nitrogen and oxygen atoms in total. The van der Waals surface area contributed by atoms with Crippen LogP contribution in [0.4, 0.5) is 5.88 Å². The lowest BCUT2D eigenvalue weighted by Crippen LogP contribution is -2.28. The first kappa shape index (κ1) is 22.5.